The van der Waals surface area contributed by atoms with Crippen molar-refractivity contribution in [3.05, 3.63) is 76.4 Å². The number of phenolic OH excluding ortho intramolecular Hbond substituents is 1. The lowest BCUT2D eigenvalue weighted by atomic mass is 9.89. The predicted octanol–water partition coefficient (Wildman–Crippen LogP) is 5.75. The molecule has 4 nitrogen and oxygen atoms in total. The summed E-state index contributed by atoms with van der Waals surface area (Å²) in [5.74, 6) is -0.0473. The highest BCUT2D eigenvalue weighted by molar-refractivity contribution is 5.93. The van der Waals surface area contributed by atoms with Crippen LogP contribution in [-0.4, -0.2) is 29.9 Å². The van der Waals surface area contributed by atoms with Crippen LogP contribution in [0.4, 0.5) is 0 Å². The topological polar surface area (TPSA) is 55.8 Å². The van der Waals surface area contributed by atoms with E-state index in [1.807, 2.05) is 51.1 Å². The van der Waals surface area contributed by atoms with Crippen molar-refractivity contribution in [3.63, 3.8) is 0 Å². The molecule has 0 radical (unpaired) electrons. The summed E-state index contributed by atoms with van der Waals surface area (Å²) in [6, 6.07) is 15.5. The Hall–Kier alpha value is -2.85. The Bertz CT molecular complexity index is 934. The van der Waals surface area contributed by atoms with Gasteiger partial charge in [-0.3, -0.25) is 0 Å². The Morgan fingerprint density at radius 3 is 2.03 bits per heavy atom. The third-order valence-corrected chi connectivity index (χ3v) is 4.91. The summed E-state index contributed by atoms with van der Waals surface area (Å²) in [4.78, 5) is 12.2. The molecule has 0 unspecified atom stereocenters. The number of benzene rings is 2. The fourth-order valence-corrected chi connectivity index (χ4v) is 3.48. The number of esters is 1. The fourth-order valence-electron chi connectivity index (χ4n) is 3.48. The summed E-state index contributed by atoms with van der Waals surface area (Å²) in [6.45, 7) is 8.82. The summed E-state index contributed by atoms with van der Waals surface area (Å²) in [5.41, 5.74) is 5.76. The van der Waals surface area contributed by atoms with Crippen molar-refractivity contribution in [1.29, 1.82) is 0 Å². The van der Waals surface area contributed by atoms with E-state index < -0.39 is 5.60 Å². The van der Waals surface area contributed by atoms with E-state index in [4.69, 9.17) is 9.47 Å². The highest BCUT2D eigenvalue weighted by Crippen LogP contribution is 2.33. The highest BCUT2D eigenvalue weighted by atomic mass is 16.6. The number of rotatable bonds is 4. The summed E-state index contributed by atoms with van der Waals surface area (Å²) >= 11 is 0. The first-order chi connectivity index (χ1) is 14.2. The van der Waals surface area contributed by atoms with Crippen molar-refractivity contribution in [1.82, 2.24) is 0 Å². The number of ether oxygens (including phenoxy) is 2. The molecule has 30 heavy (non-hydrogen) atoms. The van der Waals surface area contributed by atoms with Gasteiger partial charge in [-0.05, 0) is 81.0 Å². The van der Waals surface area contributed by atoms with E-state index in [-0.39, 0.29) is 11.7 Å². The Morgan fingerprint density at radius 1 is 0.967 bits per heavy atom. The van der Waals surface area contributed by atoms with Gasteiger partial charge in [0, 0.05) is 5.57 Å². The molecule has 0 saturated carbocycles. The van der Waals surface area contributed by atoms with Gasteiger partial charge >= 0.3 is 5.97 Å². The molecule has 1 heterocycles. The molecule has 1 aliphatic heterocycles. The van der Waals surface area contributed by atoms with Crippen LogP contribution in [0.3, 0.4) is 0 Å². The van der Waals surface area contributed by atoms with Gasteiger partial charge in [0.1, 0.15) is 11.4 Å². The van der Waals surface area contributed by atoms with Crippen LogP contribution in [0, 0.1) is 0 Å². The third kappa shape index (κ3) is 5.83. The molecule has 3 rings (SSSR count). The monoisotopic (exact) mass is 406 g/mol. The maximum atomic E-state index is 12.2. The first-order valence-corrected chi connectivity index (χ1v) is 10.3. The maximum Gasteiger partial charge on any atom is 0.334 e. The molecule has 4 heteroatoms. The van der Waals surface area contributed by atoms with Crippen LogP contribution < -0.4 is 0 Å². The van der Waals surface area contributed by atoms with Crippen LogP contribution in [0.2, 0.25) is 0 Å². The van der Waals surface area contributed by atoms with Crippen LogP contribution in [0.15, 0.2) is 59.7 Å². The number of carbonyl (C=O) groups is 1. The van der Waals surface area contributed by atoms with Crippen molar-refractivity contribution in [2.24, 2.45) is 0 Å². The molecule has 0 atom stereocenters. The normalized spacial score (nSPS) is 15.1. The van der Waals surface area contributed by atoms with Gasteiger partial charge in [0.05, 0.1) is 13.2 Å². The average Bonchev–Trinajstić information content (AvgIpc) is 2.70. The van der Waals surface area contributed by atoms with E-state index in [2.05, 4.69) is 12.1 Å². The van der Waals surface area contributed by atoms with Gasteiger partial charge in [-0.2, -0.15) is 0 Å². The van der Waals surface area contributed by atoms with E-state index in [0.717, 1.165) is 42.7 Å². The van der Waals surface area contributed by atoms with Crippen LogP contribution in [0.5, 0.6) is 5.75 Å². The molecule has 0 bridgehead atoms. The number of hydrogen-bond donors (Lipinski definition) is 1. The van der Waals surface area contributed by atoms with Crippen molar-refractivity contribution in [2.45, 2.75) is 46.1 Å². The van der Waals surface area contributed by atoms with Gasteiger partial charge in [-0.15, -0.1) is 0 Å². The minimum atomic E-state index is -0.509. The minimum absolute atomic E-state index is 0.258. The smallest absolute Gasteiger partial charge is 0.334 e. The Balaban J connectivity index is 1.90. The number of carbonyl (C=O) groups excluding carboxylic acids is 1. The second-order valence-corrected chi connectivity index (χ2v) is 8.59. The van der Waals surface area contributed by atoms with Gasteiger partial charge in [0.25, 0.3) is 0 Å². The quantitative estimate of drug-likeness (QED) is 0.519. The number of phenols is 1. The second-order valence-electron chi connectivity index (χ2n) is 8.59. The third-order valence-electron chi connectivity index (χ3n) is 4.91. The molecular weight excluding hydrogens is 376 g/mol. The lowest BCUT2D eigenvalue weighted by Gasteiger charge is -2.21. The molecule has 158 valence electrons. The summed E-state index contributed by atoms with van der Waals surface area (Å²) in [6.07, 6.45) is 3.64. The number of aromatic hydroxyl groups is 1. The Morgan fingerprint density at radius 2 is 1.50 bits per heavy atom. The second kappa shape index (κ2) is 9.31. The Labute approximate surface area is 178 Å². The van der Waals surface area contributed by atoms with Crippen molar-refractivity contribution in [2.75, 3.05) is 13.2 Å². The summed E-state index contributed by atoms with van der Waals surface area (Å²) < 4.78 is 11.0. The van der Waals surface area contributed by atoms with Crippen molar-refractivity contribution in [3.8, 4) is 5.75 Å². The van der Waals surface area contributed by atoms with Crippen LogP contribution in [0.1, 0.15) is 57.2 Å². The molecule has 1 aliphatic rings. The SMILES string of the molecule is CC(=Cc1ccc(C(=C2CCOCC2)c2ccc(O)cc2)cc1)C(=O)OC(C)(C)C. The molecule has 2 aromatic carbocycles. The first kappa shape index (κ1) is 21.8. The van der Waals surface area contributed by atoms with Gasteiger partial charge in [0.2, 0.25) is 0 Å². The van der Waals surface area contributed by atoms with E-state index in [1.54, 1.807) is 19.1 Å². The van der Waals surface area contributed by atoms with Crippen molar-refractivity contribution < 1.29 is 19.4 Å². The lowest BCUT2D eigenvalue weighted by molar-refractivity contribution is -0.149. The molecule has 0 amide bonds. The van der Waals surface area contributed by atoms with E-state index in [0.29, 0.717) is 5.57 Å². The zero-order valence-electron chi connectivity index (χ0n) is 18.2. The molecule has 0 aromatic heterocycles. The predicted molar refractivity (Wildman–Crippen MR) is 120 cm³/mol. The van der Waals surface area contributed by atoms with Gasteiger partial charge in [0.15, 0.2) is 0 Å². The molecule has 1 saturated heterocycles. The van der Waals surface area contributed by atoms with Crippen LogP contribution in [-0.2, 0) is 14.3 Å². The van der Waals surface area contributed by atoms with Gasteiger partial charge < -0.3 is 14.6 Å². The van der Waals surface area contributed by atoms with Crippen molar-refractivity contribution >= 4 is 17.6 Å². The fraction of sp³-hybridized carbons (Fsp3) is 0.346. The number of hydrogen-bond acceptors (Lipinski definition) is 4. The minimum Gasteiger partial charge on any atom is -0.508 e. The molecule has 1 N–H and O–H groups in total. The van der Waals surface area contributed by atoms with Gasteiger partial charge in [-0.1, -0.05) is 42.0 Å². The van der Waals surface area contributed by atoms with E-state index in [9.17, 15) is 9.90 Å². The lowest BCUT2D eigenvalue weighted by Crippen LogP contribution is -2.24. The van der Waals surface area contributed by atoms with Crippen LogP contribution >= 0.6 is 0 Å². The standard InChI is InChI=1S/C26H30O4/c1-18(25(28)30-26(2,3)4)17-19-5-7-20(8-6-19)24(22-13-15-29-16-14-22)21-9-11-23(27)12-10-21/h5-12,17,27H,13-16H2,1-4H3. The zero-order chi connectivity index (χ0) is 21.7. The van der Waals surface area contributed by atoms with E-state index >= 15 is 0 Å². The Kier molecular flexibility index (Phi) is 6.78. The molecule has 0 spiro atoms. The van der Waals surface area contributed by atoms with E-state index in [1.165, 1.54) is 11.1 Å². The maximum absolute atomic E-state index is 12.2. The molecule has 0 aliphatic carbocycles. The molecule has 1 fully saturated rings. The first-order valence-electron chi connectivity index (χ1n) is 10.3. The summed E-state index contributed by atoms with van der Waals surface area (Å²) in [7, 11) is 0. The average molecular weight is 407 g/mol. The summed E-state index contributed by atoms with van der Waals surface area (Å²) in [5, 5.41) is 9.67. The molecule has 2 aromatic rings. The van der Waals surface area contributed by atoms with Gasteiger partial charge in [-0.25, -0.2) is 4.79 Å². The largest absolute Gasteiger partial charge is 0.508 e. The zero-order valence-corrected chi connectivity index (χ0v) is 18.2. The highest BCUT2D eigenvalue weighted by Gasteiger charge is 2.18. The van der Waals surface area contributed by atoms with Crippen LogP contribution in [0.25, 0.3) is 11.6 Å². The molecular formula is C26H30O4.